The van der Waals surface area contributed by atoms with E-state index in [9.17, 15) is 13.2 Å². The van der Waals surface area contributed by atoms with Gasteiger partial charge in [-0.1, -0.05) is 11.6 Å². The van der Waals surface area contributed by atoms with Crippen LogP contribution in [0.4, 0.5) is 24.1 Å². The summed E-state index contributed by atoms with van der Waals surface area (Å²) in [4.78, 5) is 8.58. The van der Waals surface area contributed by atoms with Gasteiger partial charge in [-0.25, -0.2) is 9.97 Å². The van der Waals surface area contributed by atoms with Crippen LogP contribution in [0.25, 0.3) is 11.3 Å². The summed E-state index contributed by atoms with van der Waals surface area (Å²) in [6.07, 6.45) is 1.43. The number of ether oxygens (including phenoxy) is 1. The molecule has 0 bridgehead atoms. The number of rotatable bonds is 9. The fourth-order valence-corrected chi connectivity index (χ4v) is 4.29. The van der Waals surface area contributed by atoms with Crippen molar-refractivity contribution in [2.24, 2.45) is 0 Å². The molecule has 0 saturated heterocycles. The molecule has 1 saturated carbocycles. The lowest BCUT2D eigenvalue weighted by Gasteiger charge is -2.30. The smallest absolute Gasteiger partial charge is 0.383 e. The van der Waals surface area contributed by atoms with Gasteiger partial charge < -0.3 is 20.7 Å². The molecular formula is C19H25ClF3N5OS. The lowest BCUT2D eigenvalue weighted by Crippen LogP contribution is -2.38. The first-order valence-corrected chi connectivity index (χ1v) is 11.0. The van der Waals surface area contributed by atoms with Gasteiger partial charge in [0.2, 0.25) is 0 Å². The maximum Gasteiger partial charge on any atom is 0.405 e. The summed E-state index contributed by atoms with van der Waals surface area (Å²) in [7, 11) is 1.70. The molecular weight excluding hydrogens is 439 g/mol. The molecule has 0 unspecified atom stereocenters. The number of nitrogens with one attached hydrogen (secondary N) is 3. The monoisotopic (exact) mass is 463 g/mol. The number of hydrogen-bond acceptors (Lipinski definition) is 7. The average Bonchev–Trinajstić information content (AvgIpc) is 3.18. The van der Waals surface area contributed by atoms with Crippen molar-refractivity contribution in [3.8, 4) is 11.3 Å². The van der Waals surface area contributed by atoms with Crippen LogP contribution >= 0.6 is 22.9 Å². The number of methoxy groups -OCH3 is 1. The lowest BCUT2D eigenvalue weighted by atomic mass is 9.91. The van der Waals surface area contributed by atoms with Gasteiger partial charge in [-0.05, 0) is 31.7 Å². The Hall–Kier alpha value is -1.62. The van der Waals surface area contributed by atoms with Gasteiger partial charge in [0, 0.05) is 42.9 Å². The first kappa shape index (κ1) is 23.1. The minimum atomic E-state index is -4.30. The van der Waals surface area contributed by atoms with E-state index in [1.807, 2.05) is 0 Å². The number of aromatic nitrogens is 2. The highest BCUT2D eigenvalue weighted by atomic mass is 35.5. The molecule has 0 spiro atoms. The van der Waals surface area contributed by atoms with E-state index in [0.29, 0.717) is 40.8 Å². The van der Waals surface area contributed by atoms with E-state index < -0.39 is 12.7 Å². The van der Waals surface area contributed by atoms with Crippen molar-refractivity contribution < 1.29 is 17.9 Å². The fourth-order valence-electron chi connectivity index (χ4n) is 3.38. The predicted molar refractivity (Wildman–Crippen MR) is 114 cm³/mol. The Morgan fingerprint density at radius 1 is 1.23 bits per heavy atom. The summed E-state index contributed by atoms with van der Waals surface area (Å²) < 4.78 is 42.2. The molecule has 166 valence electrons. The molecule has 0 aliphatic heterocycles. The van der Waals surface area contributed by atoms with Crippen LogP contribution in [0.1, 0.15) is 25.7 Å². The summed E-state index contributed by atoms with van der Waals surface area (Å²) in [5.74, 6) is 0.683. The summed E-state index contributed by atoms with van der Waals surface area (Å²) in [5.41, 5.74) is 1.16. The van der Waals surface area contributed by atoms with Crippen molar-refractivity contribution in [3.63, 3.8) is 0 Å². The van der Waals surface area contributed by atoms with Gasteiger partial charge in [0.05, 0.1) is 17.3 Å². The van der Waals surface area contributed by atoms with Crippen LogP contribution in [0.2, 0.25) is 5.02 Å². The number of hydrogen-bond donors (Lipinski definition) is 3. The number of pyridine rings is 1. The van der Waals surface area contributed by atoms with Gasteiger partial charge >= 0.3 is 6.18 Å². The second-order valence-corrected chi connectivity index (χ2v) is 8.46. The maximum atomic E-state index is 12.4. The number of nitrogens with zero attached hydrogens (tertiary/aromatic N) is 2. The van der Waals surface area contributed by atoms with E-state index in [4.69, 9.17) is 16.3 Å². The third-order valence-electron chi connectivity index (χ3n) is 4.89. The van der Waals surface area contributed by atoms with Gasteiger partial charge in [-0.15, -0.1) is 11.3 Å². The Bertz CT molecular complexity index is 812. The van der Waals surface area contributed by atoms with Crippen LogP contribution in [-0.4, -0.2) is 55.0 Å². The molecule has 0 aromatic carbocycles. The zero-order chi connectivity index (χ0) is 21.6. The molecule has 2 aromatic rings. The molecule has 0 atom stereocenters. The highest BCUT2D eigenvalue weighted by Gasteiger charge is 2.27. The summed E-state index contributed by atoms with van der Waals surface area (Å²) in [5, 5.41) is 11.5. The molecule has 1 aliphatic rings. The van der Waals surface area contributed by atoms with Crippen LogP contribution < -0.4 is 16.0 Å². The topological polar surface area (TPSA) is 71.1 Å². The van der Waals surface area contributed by atoms with Gasteiger partial charge in [-0.2, -0.15) is 13.2 Å². The summed E-state index contributed by atoms with van der Waals surface area (Å²) in [6.45, 7) is 0.439. The van der Waals surface area contributed by atoms with E-state index in [-0.39, 0.29) is 5.13 Å². The molecule has 0 radical (unpaired) electrons. The second-order valence-electron chi connectivity index (χ2n) is 7.20. The van der Waals surface area contributed by atoms with Crippen LogP contribution in [0, 0.1) is 0 Å². The molecule has 2 aromatic heterocycles. The number of halogens is 4. The van der Waals surface area contributed by atoms with E-state index in [2.05, 4.69) is 25.9 Å². The molecule has 2 heterocycles. The molecule has 0 amide bonds. The molecule has 3 rings (SSSR count). The first-order chi connectivity index (χ1) is 14.3. The van der Waals surface area contributed by atoms with E-state index in [1.54, 1.807) is 24.8 Å². The van der Waals surface area contributed by atoms with Gasteiger partial charge in [0.1, 0.15) is 12.4 Å². The largest absolute Gasteiger partial charge is 0.405 e. The predicted octanol–water partition coefficient (Wildman–Crippen LogP) is 4.79. The van der Waals surface area contributed by atoms with Gasteiger partial charge in [-0.3, -0.25) is 0 Å². The number of alkyl halides is 3. The summed E-state index contributed by atoms with van der Waals surface area (Å²) in [6, 6.07) is 2.62. The SMILES string of the molecule is COCCNC1CCC(Nc2cc(-c3csc(NCC(F)(F)F)n3)c(Cl)cn2)CC1. The average molecular weight is 464 g/mol. The van der Waals surface area contributed by atoms with Crippen molar-refractivity contribution in [2.75, 3.05) is 37.4 Å². The van der Waals surface area contributed by atoms with E-state index >= 15 is 0 Å². The Morgan fingerprint density at radius 3 is 2.67 bits per heavy atom. The fraction of sp³-hybridized carbons (Fsp3) is 0.579. The standard InChI is InChI=1S/C19H25ClF3N5OS/c1-29-7-6-24-12-2-4-13(5-3-12)27-17-8-14(15(20)9-25-17)16-10-30-18(28-16)26-11-19(21,22)23/h8-10,12-13,24H,2-7,11H2,1H3,(H,25,27)(H,26,28). The van der Waals surface area contributed by atoms with Crippen molar-refractivity contribution in [2.45, 2.75) is 43.9 Å². The molecule has 11 heteroatoms. The van der Waals surface area contributed by atoms with Crippen molar-refractivity contribution in [3.05, 3.63) is 22.7 Å². The van der Waals surface area contributed by atoms with Gasteiger partial charge in [0.15, 0.2) is 5.13 Å². The third-order valence-corrected chi connectivity index (χ3v) is 6.00. The molecule has 1 fully saturated rings. The van der Waals surface area contributed by atoms with E-state index in [1.165, 1.54) is 0 Å². The summed E-state index contributed by atoms with van der Waals surface area (Å²) >= 11 is 7.37. The number of thiazole rings is 1. The second kappa shape index (κ2) is 10.6. The first-order valence-electron chi connectivity index (χ1n) is 9.75. The quantitative estimate of drug-likeness (QED) is 0.464. The highest BCUT2D eigenvalue weighted by Crippen LogP contribution is 2.33. The molecule has 6 nitrogen and oxygen atoms in total. The van der Waals surface area contributed by atoms with Crippen molar-refractivity contribution >= 4 is 33.9 Å². The van der Waals surface area contributed by atoms with Crippen LogP contribution in [0.3, 0.4) is 0 Å². The zero-order valence-corrected chi connectivity index (χ0v) is 18.1. The maximum absolute atomic E-state index is 12.4. The Balaban J connectivity index is 1.58. The minimum absolute atomic E-state index is 0.198. The molecule has 1 aliphatic carbocycles. The van der Waals surface area contributed by atoms with Crippen LogP contribution in [-0.2, 0) is 4.74 Å². The molecule has 30 heavy (non-hydrogen) atoms. The van der Waals surface area contributed by atoms with Crippen LogP contribution in [0.15, 0.2) is 17.6 Å². The Kier molecular flexibility index (Phi) is 8.15. The highest BCUT2D eigenvalue weighted by molar-refractivity contribution is 7.14. The normalized spacial score (nSPS) is 19.6. The lowest BCUT2D eigenvalue weighted by molar-refractivity contribution is -0.115. The Morgan fingerprint density at radius 2 is 1.97 bits per heavy atom. The van der Waals surface area contributed by atoms with E-state index in [0.717, 1.165) is 43.6 Å². The van der Waals surface area contributed by atoms with Gasteiger partial charge in [0.25, 0.3) is 0 Å². The van der Waals surface area contributed by atoms with Crippen LogP contribution in [0.5, 0.6) is 0 Å². The van der Waals surface area contributed by atoms with Crippen molar-refractivity contribution in [1.82, 2.24) is 15.3 Å². The third kappa shape index (κ3) is 6.97. The molecule has 3 N–H and O–H groups in total. The van der Waals surface area contributed by atoms with Crippen molar-refractivity contribution in [1.29, 1.82) is 0 Å². The number of anilines is 2. The Labute approximate surface area is 182 Å². The minimum Gasteiger partial charge on any atom is -0.383 e. The zero-order valence-electron chi connectivity index (χ0n) is 16.6.